The second-order valence-corrected chi connectivity index (χ2v) is 3.41. The van der Waals surface area contributed by atoms with Crippen LogP contribution in [0.25, 0.3) is 0 Å². The van der Waals surface area contributed by atoms with Gasteiger partial charge in [-0.25, -0.2) is 4.99 Å². The highest BCUT2D eigenvalue weighted by molar-refractivity contribution is 6.05. The highest BCUT2D eigenvalue weighted by Crippen LogP contribution is 2.28. The molecule has 0 bridgehead atoms. The van der Waals surface area contributed by atoms with E-state index < -0.39 is 5.54 Å². The van der Waals surface area contributed by atoms with E-state index in [0.717, 1.165) is 5.56 Å². The Morgan fingerprint density at radius 3 is 1.83 bits per heavy atom. The fourth-order valence-corrected chi connectivity index (χ4v) is 1.52. The normalized spacial score (nSPS) is 20.7. The molecule has 1 aromatic carbocycles. The predicted molar refractivity (Wildman–Crippen MR) is 79.7 cm³/mol. The molecule has 1 aromatic rings. The molecule has 0 amide bonds. The Balaban J connectivity index is 0.000000659. The zero-order valence-corrected chi connectivity index (χ0v) is 11.9. The van der Waals surface area contributed by atoms with Crippen LogP contribution in [0.1, 0.15) is 40.2 Å². The van der Waals surface area contributed by atoms with Crippen LogP contribution in [-0.2, 0) is 5.54 Å². The lowest BCUT2D eigenvalue weighted by molar-refractivity contribution is 0.687. The molecule has 0 spiro atoms. The Bertz CT molecular complexity index is 409. The van der Waals surface area contributed by atoms with Crippen LogP contribution in [-0.4, -0.2) is 11.8 Å². The molecule has 0 aromatic heterocycles. The minimum atomic E-state index is -0.592. The van der Waals surface area contributed by atoms with Gasteiger partial charge in [0.2, 0.25) is 5.96 Å². The van der Waals surface area contributed by atoms with Crippen LogP contribution in [0, 0.1) is 0 Å². The van der Waals surface area contributed by atoms with E-state index in [1.807, 2.05) is 65.0 Å². The molecule has 0 radical (unpaired) electrons. The quantitative estimate of drug-likeness (QED) is 0.801. The number of amidine groups is 1. The van der Waals surface area contributed by atoms with Crippen molar-refractivity contribution < 1.29 is 0 Å². The SMILES string of the molecule is CC.CC.CC1(c2ccccc2)N=C(N)N=C1N. The molecule has 0 fully saturated rings. The van der Waals surface area contributed by atoms with E-state index in [9.17, 15) is 0 Å². The van der Waals surface area contributed by atoms with Crippen LogP contribution in [0.5, 0.6) is 0 Å². The summed E-state index contributed by atoms with van der Waals surface area (Å²) in [4.78, 5) is 8.18. The van der Waals surface area contributed by atoms with Crippen LogP contribution in [0.4, 0.5) is 0 Å². The first-order valence-electron chi connectivity index (χ1n) is 6.38. The molecule has 0 aliphatic carbocycles. The fraction of sp³-hybridized carbons (Fsp3) is 0.429. The summed E-state index contributed by atoms with van der Waals surface area (Å²) >= 11 is 0. The molecule has 18 heavy (non-hydrogen) atoms. The summed E-state index contributed by atoms with van der Waals surface area (Å²) in [6.45, 7) is 9.90. The molecular weight excluding hydrogens is 224 g/mol. The van der Waals surface area contributed by atoms with Gasteiger partial charge in [0.1, 0.15) is 11.4 Å². The largest absolute Gasteiger partial charge is 0.385 e. The zero-order chi connectivity index (χ0) is 14.2. The van der Waals surface area contributed by atoms with Crippen molar-refractivity contribution in [2.75, 3.05) is 0 Å². The van der Waals surface area contributed by atoms with Gasteiger partial charge < -0.3 is 11.5 Å². The number of nitrogens with two attached hydrogens (primary N) is 2. The lowest BCUT2D eigenvalue weighted by atomic mass is 9.92. The van der Waals surface area contributed by atoms with E-state index in [0.29, 0.717) is 5.84 Å². The number of benzene rings is 1. The average Bonchev–Trinajstić information content (AvgIpc) is 2.70. The third-order valence-electron chi connectivity index (χ3n) is 2.41. The molecule has 1 aliphatic heterocycles. The van der Waals surface area contributed by atoms with Gasteiger partial charge in [0.15, 0.2) is 0 Å². The summed E-state index contributed by atoms with van der Waals surface area (Å²) in [7, 11) is 0. The smallest absolute Gasteiger partial charge is 0.218 e. The van der Waals surface area contributed by atoms with Gasteiger partial charge in [-0.15, -0.1) is 0 Å². The fourth-order valence-electron chi connectivity index (χ4n) is 1.52. The lowest BCUT2D eigenvalue weighted by Crippen LogP contribution is -2.34. The van der Waals surface area contributed by atoms with Crippen LogP contribution >= 0.6 is 0 Å². The van der Waals surface area contributed by atoms with Crippen molar-refractivity contribution in [3.8, 4) is 0 Å². The maximum atomic E-state index is 5.79. The van der Waals surface area contributed by atoms with E-state index in [1.54, 1.807) is 0 Å². The second-order valence-electron chi connectivity index (χ2n) is 3.41. The molecule has 4 N–H and O–H groups in total. The molecule has 100 valence electrons. The maximum absolute atomic E-state index is 5.79. The number of hydrogen-bond acceptors (Lipinski definition) is 4. The molecule has 1 atom stereocenters. The van der Waals surface area contributed by atoms with Crippen molar-refractivity contribution in [1.82, 2.24) is 0 Å². The van der Waals surface area contributed by atoms with E-state index in [4.69, 9.17) is 11.5 Å². The predicted octanol–water partition coefficient (Wildman–Crippen LogP) is 2.64. The van der Waals surface area contributed by atoms with Crippen molar-refractivity contribution in [3.05, 3.63) is 35.9 Å². The van der Waals surface area contributed by atoms with Crippen LogP contribution in [0.2, 0.25) is 0 Å². The first-order valence-corrected chi connectivity index (χ1v) is 6.38. The third kappa shape index (κ3) is 3.32. The zero-order valence-electron chi connectivity index (χ0n) is 11.9. The molecule has 4 heteroatoms. The first kappa shape index (κ1) is 16.2. The van der Waals surface area contributed by atoms with Crippen molar-refractivity contribution in [1.29, 1.82) is 0 Å². The standard InChI is InChI=1S/C10H12N4.2C2H6/c1-10(7-5-3-2-4-6-7)8(11)13-9(12)14-10;2*1-2/h2-6H,1H3,(H4,11,12,13,14);2*1-2H3. The summed E-state index contributed by atoms with van der Waals surface area (Å²) in [5.41, 5.74) is 11.7. The molecule has 2 rings (SSSR count). The van der Waals surface area contributed by atoms with Gasteiger partial charge in [-0.05, 0) is 12.5 Å². The Morgan fingerprint density at radius 2 is 1.44 bits per heavy atom. The van der Waals surface area contributed by atoms with E-state index >= 15 is 0 Å². The summed E-state index contributed by atoms with van der Waals surface area (Å²) in [5, 5.41) is 0. The van der Waals surface area contributed by atoms with Gasteiger partial charge in [0.05, 0.1) is 0 Å². The highest BCUT2D eigenvalue weighted by atomic mass is 15.2. The Hall–Kier alpha value is -1.84. The van der Waals surface area contributed by atoms with Gasteiger partial charge in [-0.1, -0.05) is 58.0 Å². The minimum Gasteiger partial charge on any atom is -0.385 e. The van der Waals surface area contributed by atoms with E-state index in [1.165, 1.54) is 0 Å². The van der Waals surface area contributed by atoms with Gasteiger partial charge >= 0.3 is 0 Å². The van der Waals surface area contributed by atoms with Gasteiger partial charge in [0.25, 0.3) is 0 Å². The van der Waals surface area contributed by atoms with Crippen molar-refractivity contribution in [2.24, 2.45) is 21.5 Å². The number of hydrogen-bond donors (Lipinski definition) is 2. The topological polar surface area (TPSA) is 76.8 Å². The first-order chi connectivity index (χ1) is 8.63. The number of aliphatic imine (C=N–C) groups is 2. The van der Waals surface area contributed by atoms with Gasteiger partial charge in [0, 0.05) is 0 Å². The van der Waals surface area contributed by atoms with E-state index in [-0.39, 0.29) is 5.96 Å². The van der Waals surface area contributed by atoms with Crippen molar-refractivity contribution in [3.63, 3.8) is 0 Å². The average molecular weight is 248 g/mol. The van der Waals surface area contributed by atoms with Gasteiger partial charge in [-0.2, -0.15) is 4.99 Å². The molecule has 1 heterocycles. The third-order valence-corrected chi connectivity index (χ3v) is 2.41. The molecule has 4 nitrogen and oxygen atoms in total. The van der Waals surface area contributed by atoms with Crippen molar-refractivity contribution >= 4 is 11.8 Å². The monoisotopic (exact) mass is 248 g/mol. The molecule has 0 saturated carbocycles. The molecular formula is C14H24N4. The van der Waals surface area contributed by atoms with Crippen LogP contribution < -0.4 is 11.5 Å². The maximum Gasteiger partial charge on any atom is 0.218 e. The number of rotatable bonds is 1. The molecule has 1 unspecified atom stereocenters. The van der Waals surface area contributed by atoms with E-state index in [2.05, 4.69) is 9.98 Å². The summed E-state index contributed by atoms with van der Waals surface area (Å²) in [6.07, 6.45) is 0. The Labute approximate surface area is 110 Å². The highest BCUT2D eigenvalue weighted by Gasteiger charge is 2.34. The molecule has 0 saturated heterocycles. The van der Waals surface area contributed by atoms with Crippen LogP contribution in [0.15, 0.2) is 40.3 Å². The Morgan fingerprint density at radius 1 is 0.944 bits per heavy atom. The number of guanidine groups is 1. The summed E-state index contributed by atoms with van der Waals surface area (Å²) in [5.74, 6) is 0.690. The molecule has 1 aliphatic rings. The summed E-state index contributed by atoms with van der Waals surface area (Å²) in [6, 6.07) is 9.76. The Kier molecular flexibility index (Phi) is 6.71. The number of nitrogens with zero attached hydrogens (tertiary/aromatic N) is 2. The van der Waals surface area contributed by atoms with Crippen LogP contribution in [0.3, 0.4) is 0 Å². The minimum absolute atomic E-state index is 0.244. The van der Waals surface area contributed by atoms with Gasteiger partial charge in [-0.3, -0.25) is 0 Å². The summed E-state index contributed by atoms with van der Waals surface area (Å²) < 4.78 is 0. The van der Waals surface area contributed by atoms with Crippen molar-refractivity contribution in [2.45, 2.75) is 40.2 Å². The second kappa shape index (κ2) is 7.48. The lowest BCUT2D eigenvalue weighted by Gasteiger charge is -2.20.